The molecule has 1 amide bonds. The molecule has 152 valence electrons. The standard InChI is InChI=1S/C17H15F5N2O4/c1-17(2,3)28-16(26)23-7-5-8(24(4)6-7)15(25)27-14-12(21)10(19)9(18)11(20)13(14)22/h5-6H,1-4H3,(H,23,26). The summed E-state index contributed by atoms with van der Waals surface area (Å²) in [7, 11) is 1.33. The van der Waals surface area contributed by atoms with E-state index in [1.54, 1.807) is 20.8 Å². The third kappa shape index (κ3) is 4.41. The van der Waals surface area contributed by atoms with E-state index in [9.17, 15) is 31.5 Å². The normalized spacial score (nSPS) is 11.3. The van der Waals surface area contributed by atoms with E-state index in [0.29, 0.717) is 0 Å². The predicted octanol–water partition coefficient (Wildman–Crippen LogP) is 4.29. The molecule has 1 N–H and O–H groups in total. The van der Waals surface area contributed by atoms with Crippen molar-refractivity contribution in [3.05, 3.63) is 47.0 Å². The van der Waals surface area contributed by atoms with Crippen LogP contribution in [-0.4, -0.2) is 22.2 Å². The van der Waals surface area contributed by atoms with Crippen LogP contribution in [-0.2, 0) is 11.8 Å². The highest BCUT2D eigenvalue weighted by atomic mass is 19.2. The lowest BCUT2D eigenvalue weighted by Gasteiger charge is -2.19. The van der Waals surface area contributed by atoms with Gasteiger partial charge in [-0.3, -0.25) is 5.32 Å². The van der Waals surface area contributed by atoms with Gasteiger partial charge in [-0.05, 0) is 26.8 Å². The second kappa shape index (κ2) is 7.49. The van der Waals surface area contributed by atoms with Gasteiger partial charge in [0.1, 0.15) is 11.3 Å². The maximum absolute atomic E-state index is 13.6. The van der Waals surface area contributed by atoms with Crippen molar-refractivity contribution in [2.24, 2.45) is 7.05 Å². The summed E-state index contributed by atoms with van der Waals surface area (Å²) in [5, 5.41) is 2.32. The average Bonchev–Trinajstić information content (AvgIpc) is 2.93. The van der Waals surface area contributed by atoms with E-state index in [4.69, 9.17) is 4.74 Å². The minimum atomic E-state index is -2.38. The summed E-state index contributed by atoms with van der Waals surface area (Å²) in [5.41, 5.74) is -1.05. The number of aromatic nitrogens is 1. The van der Waals surface area contributed by atoms with Crippen molar-refractivity contribution in [2.45, 2.75) is 26.4 Å². The quantitative estimate of drug-likeness (QED) is 0.272. The maximum Gasteiger partial charge on any atom is 0.412 e. The predicted molar refractivity (Wildman–Crippen MR) is 86.5 cm³/mol. The minimum Gasteiger partial charge on any atom is -0.444 e. The molecule has 1 aromatic heterocycles. The minimum absolute atomic E-state index is 0.0705. The lowest BCUT2D eigenvalue weighted by atomic mass is 10.2. The molecule has 2 aromatic rings. The van der Waals surface area contributed by atoms with Crippen molar-refractivity contribution in [2.75, 3.05) is 5.32 Å². The van der Waals surface area contributed by atoms with Crippen LogP contribution in [0.2, 0.25) is 0 Å². The molecular formula is C17H15F5N2O4. The SMILES string of the molecule is Cn1cc(NC(=O)OC(C)(C)C)cc1C(=O)Oc1c(F)c(F)c(F)c(F)c1F. The molecule has 0 radical (unpaired) electrons. The van der Waals surface area contributed by atoms with Gasteiger partial charge in [-0.25, -0.2) is 22.8 Å². The molecule has 0 spiro atoms. The Morgan fingerprint density at radius 3 is 1.96 bits per heavy atom. The molecule has 0 saturated heterocycles. The van der Waals surface area contributed by atoms with Crippen LogP contribution in [0.25, 0.3) is 0 Å². The van der Waals surface area contributed by atoms with Gasteiger partial charge in [0.05, 0.1) is 5.69 Å². The zero-order valence-electron chi connectivity index (χ0n) is 15.1. The van der Waals surface area contributed by atoms with Crippen molar-refractivity contribution in [1.82, 2.24) is 4.57 Å². The molecular weight excluding hydrogens is 391 g/mol. The highest BCUT2D eigenvalue weighted by Gasteiger charge is 2.29. The lowest BCUT2D eigenvalue weighted by Crippen LogP contribution is -2.27. The molecule has 2 rings (SSSR count). The van der Waals surface area contributed by atoms with Gasteiger partial charge in [0.15, 0.2) is 0 Å². The molecule has 0 unspecified atom stereocenters. The van der Waals surface area contributed by atoms with Gasteiger partial charge < -0.3 is 14.0 Å². The number of aryl methyl sites for hydroxylation is 1. The molecule has 0 aliphatic heterocycles. The monoisotopic (exact) mass is 406 g/mol. The van der Waals surface area contributed by atoms with E-state index >= 15 is 0 Å². The van der Waals surface area contributed by atoms with Gasteiger partial charge in [-0.15, -0.1) is 0 Å². The largest absolute Gasteiger partial charge is 0.444 e. The second-order valence-corrected chi connectivity index (χ2v) is 6.64. The number of anilines is 1. The number of carbonyl (C=O) groups excluding carboxylic acids is 2. The number of nitrogens with one attached hydrogen (secondary N) is 1. The van der Waals surface area contributed by atoms with Crippen LogP contribution in [0.1, 0.15) is 31.3 Å². The van der Waals surface area contributed by atoms with Gasteiger partial charge in [-0.2, -0.15) is 8.78 Å². The first-order chi connectivity index (χ1) is 12.8. The molecule has 0 bridgehead atoms. The van der Waals surface area contributed by atoms with E-state index < -0.39 is 52.5 Å². The number of amides is 1. The highest BCUT2D eigenvalue weighted by molar-refractivity contribution is 5.93. The fraction of sp³-hybridized carbons (Fsp3) is 0.294. The summed E-state index contributed by atoms with van der Waals surface area (Å²) in [5.74, 6) is -14.6. The average molecular weight is 406 g/mol. The van der Waals surface area contributed by atoms with E-state index in [0.717, 1.165) is 10.6 Å². The molecule has 0 aliphatic rings. The summed E-state index contributed by atoms with van der Waals surface area (Å²) < 4.78 is 77.2. The molecule has 6 nitrogen and oxygen atoms in total. The highest BCUT2D eigenvalue weighted by Crippen LogP contribution is 2.30. The molecule has 0 saturated carbocycles. The van der Waals surface area contributed by atoms with Crippen LogP contribution in [0.5, 0.6) is 5.75 Å². The van der Waals surface area contributed by atoms with E-state index in [2.05, 4.69) is 10.1 Å². The number of hydrogen-bond donors (Lipinski definition) is 1. The van der Waals surface area contributed by atoms with Crippen LogP contribution in [0.3, 0.4) is 0 Å². The molecule has 0 aliphatic carbocycles. The third-order valence-electron chi connectivity index (χ3n) is 3.22. The molecule has 1 aromatic carbocycles. The third-order valence-corrected chi connectivity index (χ3v) is 3.22. The summed E-state index contributed by atoms with van der Waals surface area (Å²) in [6.07, 6.45) is 0.414. The van der Waals surface area contributed by atoms with Gasteiger partial charge in [0.2, 0.25) is 34.8 Å². The maximum atomic E-state index is 13.6. The van der Waals surface area contributed by atoms with E-state index in [1.807, 2.05) is 0 Å². The Labute approximate surface area is 155 Å². The van der Waals surface area contributed by atoms with Gasteiger partial charge in [0, 0.05) is 13.2 Å². The van der Waals surface area contributed by atoms with E-state index in [-0.39, 0.29) is 11.4 Å². The fourth-order valence-corrected chi connectivity index (χ4v) is 2.08. The summed E-state index contributed by atoms with van der Waals surface area (Å²) >= 11 is 0. The number of carbonyl (C=O) groups is 2. The van der Waals surface area contributed by atoms with Crippen LogP contribution in [0, 0.1) is 29.1 Å². The van der Waals surface area contributed by atoms with Crippen molar-refractivity contribution >= 4 is 17.7 Å². The second-order valence-electron chi connectivity index (χ2n) is 6.64. The Balaban J connectivity index is 2.25. The van der Waals surface area contributed by atoms with Crippen LogP contribution in [0.4, 0.5) is 32.4 Å². The number of benzene rings is 1. The van der Waals surface area contributed by atoms with Crippen molar-refractivity contribution < 1.29 is 41.0 Å². The van der Waals surface area contributed by atoms with Crippen LogP contribution in [0.15, 0.2) is 12.3 Å². The number of nitrogens with zero attached hydrogens (tertiary/aromatic N) is 1. The molecule has 0 fully saturated rings. The molecule has 11 heteroatoms. The Morgan fingerprint density at radius 2 is 1.46 bits per heavy atom. The van der Waals surface area contributed by atoms with Crippen LogP contribution < -0.4 is 10.1 Å². The Morgan fingerprint density at radius 1 is 0.964 bits per heavy atom. The molecule has 28 heavy (non-hydrogen) atoms. The van der Waals surface area contributed by atoms with Gasteiger partial charge >= 0.3 is 12.1 Å². The molecule has 1 heterocycles. The number of esters is 1. The Bertz CT molecular complexity index is 921. The first-order valence-electron chi connectivity index (χ1n) is 7.71. The number of halogens is 5. The number of hydrogen-bond acceptors (Lipinski definition) is 4. The Kier molecular flexibility index (Phi) is 5.67. The van der Waals surface area contributed by atoms with Crippen molar-refractivity contribution in [1.29, 1.82) is 0 Å². The zero-order chi connectivity index (χ0) is 21.4. The lowest BCUT2D eigenvalue weighted by molar-refractivity contribution is 0.0634. The molecule has 0 atom stereocenters. The Hall–Kier alpha value is -3.11. The van der Waals surface area contributed by atoms with Crippen molar-refractivity contribution in [3.8, 4) is 5.75 Å². The number of rotatable bonds is 3. The van der Waals surface area contributed by atoms with Crippen molar-refractivity contribution in [3.63, 3.8) is 0 Å². The first kappa shape index (κ1) is 21.2. The number of ether oxygens (including phenoxy) is 2. The van der Waals surface area contributed by atoms with Gasteiger partial charge in [0.25, 0.3) is 0 Å². The zero-order valence-corrected chi connectivity index (χ0v) is 15.1. The van der Waals surface area contributed by atoms with Gasteiger partial charge in [-0.1, -0.05) is 0 Å². The summed E-state index contributed by atoms with van der Waals surface area (Å²) in [6.45, 7) is 4.89. The first-order valence-corrected chi connectivity index (χ1v) is 7.71. The van der Waals surface area contributed by atoms with E-state index in [1.165, 1.54) is 13.2 Å². The van der Waals surface area contributed by atoms with Crippen LogP contribution >= 0.6 is 0 Å². The summed E-state index contributed by atoms with van der Waals surface area (Å²) in [6, 6.07) is 1.07. The topological polar surface area (TPSA) is 69.6 Å². The summed E-state index contributed by atoms with van der Waals surface area (Å²) in [4.78, 5) is 23.8. The smallest absolute Gasteiger partial charge is 0.412 e. The fourth-order valence-electron chi connectivity index (χ4n) is 2.08.